The summed E-state index contributed by atoms with van der Waals surface area (Å²) in [6, 6.07) is 1.01. The number of anilines is 1. The Hall–Kier alpha value is -0.950. The normalized spacial score (nSPS) is 20.0. The summed E-state index contributed by atoms with van der Waals surface area (Å²) >= 11 is 3.36. The molecule has 1 aliphatic heterocycles. The Morgan fingerprint density at radius 3 is 3.05 bits per heavy atom. The average Bonchev–Trinajstić information content (AvgIpc) is 2.75. The molecule has 1 unspecified atom stereocenters. The van der Waals surface area contributed by atoms with Crippen molar-refractivity contribution in [3.05, 3.63) is 11.1 Å². The fraction of sp³-hybridized carbons (Fsp3) is 0.750. The van der Waals surface area contributed by atoms with Gasteiger partial charge in [-0.25, -0.2) is 4.68 Å². The van der Waals surface area contributed by atoms with Gasteiger partial charge in [-0.3, -0.25) is 0 Å². The van der Waals surface area contributed by atoms with Crippen molar-refractivity contribution in [3.63, 3.8) is 0 Å². The summed E-state index contributed by atoms with van der Waals surface area (Å²) in [6.07, 6.45) is 2.37. The van der Waals surface area contributed by atoms with E-state index in [1.807, 2.05) is 0 Å². The first kappa shape index (κ1) is 14.5. The predicted octanol–water partition coefficient (Wildman–Crippen LogP) is 1.55. The largest absolute Gasteiger partial charge is 0.338 e. The lowest BCUT2D eigenvalue weighted by Crippen LogP contribution is -2.48. The van der Waals surface area contributed by atoms with Gasteiger partial charge in [0.25, 0.3) is 0 Å². The lowest BCUT2D eigenvalue weighted by molar-refractivity contribution is 0.389. The smallest absolute Gasteiger partial charge is 0.245 e. The van der Waals surface area contributed by atoms with Crippen LogP contribution in [0.2, 0.25) is 0 Å². The van der Waals surface area contributed by atoms with Gasteiger partial charge < -0.3 is 10.2 Å². The maximum Gasteiger partial charge on any atom is 0.245 e. The maximum atomic E-state index is 4.14. The minimum Gasteiger partial charge on any atom is -0.338 e. The van der Waals surface area contributed by atoms with Gasteiger partial charge in [-0.2, -0.15) is 0 Å². The summed E-state index contributed by atoms with van der Waals surface area (Å²) in [5.41, 5.74) is 0. The van der Waals surface area contributed by atoms with E-state index in [-0.39, 0.29) is 0 Å². The van der Waals surface area contributed by atoms with Gasteiger partial charge >= 0.3 is 0 Å². The molecule has 1 atom stereocenters. The molecule has 0 aliphatic carbocycles. The van der Waals surface area contributed by atoms with Crippen molar-refractivity contribution in [3.8, 4) is 0 Å². The van der Waals surface area contributed by atoms with Crippen LogP contribution in [0.15, 0.2) is 11.1 Å². The van der Waals surface area contributed by atoms with Crippen molar-refractivity contribution in [2.75, 3.05) is 18.0 Å². The van der Waals surface area contributed by atoms with Gasteiger partial charge in [0.05, 0.1) is 6.54 Å². The third-order valence-electron chi connectivity index (χ3n) is 3.11. The van der Waals surface area contributed by atoms with Crippen molar-refractivity contribution in [2.45, 2.75) is 45.3 Å². The molecule has 2 rings (SSSR count). The number of piperidine rings is 1. The molecular formula is C12H21BrN6. The van der Waals surface area contributed by atoms with E-state index in [1.165, 1.54) is 6.42 Å². The summed E-state index contributed by atoms with van der Waals surface area (Å²) in [5, 5.41) is 15.5. The second kappa shape index (κ2) is 6.47. The van der Waals surface area contributed by atoms with Crippen molar-refractivity contribution in [2.24, 2.45) is 0 Å². The summed E-state index contributed by atoms with van der Waals surface area (Å²) < 4.78 is 2.66. The first-order chi connectivity index (χ1) is 9.06. The van der Waals surface area contributed by atoms with Gasteiger partial charge in [0.2, 0.25) is 5.95 Å². The zero-order valence-electron chi connectivity index (χ0n) is 11.5. The lowest BCUT2D eigenvalue weighted by atomic mass is 10.1. The quantitative estimate of drug-likeness (QED) is 0.888. The highest BCUT2D eigenvalue weighted by Gasteiger charge is 2.24. The van der Waals surface area contributed by atoms with Crippen LogP contribution < -0.4 is 10.2 Å². The molecule has 0 amide bonds. The van der Waals surface area contributed by atoms with E-state index in [2.05, 4.69) is 62.1 Å². The second-order valence-corrected chi connectivity index (χ2v) is 6.38. The molecule has 0 radical (unpaired) electrons. The van der Waals surface area contributed by atoms with Crippen LogP contribution in [0.3, 0.4) is 0 Å². The molecule has 0 bridgehead atoms. The molecular weight excluding hydrogens is 308 g/mol. The molecule has 1 fully saturated rings. The first-order valence-electron chi connectivity index (χ1n) is 6.66. The number of nitrogens with zero attached hydrogens (tertiary/aromatic N) is 5. The van der Waals surface area contributed by atoms with Gasteiger partial charge in [0, 0.05) is 29.7 Å². The summed E-state index contributed by atoms with van der Waals surface area (Å²) in [4.78, 5) is 2.25. The molecule has 1 aromatic rings. The summed E-state index contributed by atoms with van der Waals surface area (Å²) in [5.74, 6) is 0.829. The van der Waals surface area contributed by atoms with E-state index in [1.54, 1.807) is 4.68 Å². The van der Waals surface area contributed by atoms with Gasteiger partial charge in [-0.15, -0.1) is 0 Å². The fourth-order valence-electron chi connectivity index (χ4n) is 2.46. The molecule has 7 heteroatoms. The number of aromatic nitrogens is 4. The van der Waals surface area contributed by atoms with Crippen LogP contribution in [0.25, 0.3) is 0 Å². The minimum absolute atomic E-state index is 0.503. The Morgan fingerprint density at radius 1 is 1.58 bits per heavy atom. The second-order valence-electron chi connectivity index (χ2n) is 5.26. The monoisotopic (exact) mass is 328 g/mol. The highest BCUT2D eigenvalue weighted by Crippen LogP contribution is 2.18. The molecule has 106 valence electrons. The molecule has 1 aliphatic rings. The molecule has 0 aromatic carbocycles. The van der Waals surface area contributed by atoms with E-state index < -0.39 is 0 Å². The number of halogens is 1. The van der Waals surface area contributed by atoms with E-state index in [0.717, 1.165) is 29.9 Å². The third kappa shape index (κ3) is 4.01. The highest BCUT2D eigenvalue weighted by atomic mass is 79.9. The summed E-state index contributed by atoms with van der Waals surface area (Å²) in [7, 11) is 0. The number of rotatable bonds is 5. The topological polar surface area (TPSA) is 58.9 Å². The number of tetrazole rings is 1. The standard InChI is InChI=1S/C12H21BrN6/c1-9(2)14-11-5-4-6-18(8-11)12-15-16-17-19(12)7-10(3)13/h9,11,14H,3-8H2,1-2H3. The predicted molar refractivity (Wildman–Crippen MR) is 79.4 cm³/mol. The van der Waals surface area contributed by atoms with Crippen LogP contribution in [0.4, 0.5) is 5.95 Å². The minimum atomic E-state index is 0.503. The Labute approximate surface area is 122 Å². The number of hydrogen-bond acceptors (Lipinski definition) is 5. The number of allylic oxidation sites excluding steroid dienone is 1. The fourth-order valence-corrected chi connectivity index (χ4v) is 2.70. The van der Waals surface area contributed by atoms with Crippen LogP contribution >= 0.6 is 15.9 Å². The van der Waals surface area contributed by atoms with Gasteiger partial charge in [0.1, 0.15) is 0 Å². The lowest BCUT2D eigenvalue weighted by Gasteiger charge is -2.34. The maximum absolute atomic E-state index is 4.14. The van der Waals surface area contributed by atoms with Gasteiger partial charge in [-0.05, 0) is 23.3 Å². The van der Waals surface area contributed by atoms with Crippen molar-refractivity contribution in [1.82, 2.24) is 25.5 Å². The van der Waals surface area contributed by atoms with Crippen molar-refractivity contribution >= 4 is 21.9 Å². The SMILES string of the molecule is C=C(Br)Cn1nnnc1N1CCCC(NC(C)C)C1. The molecule has 1 N–H and O–H groups in total. The number of nitrogens with one attached hydrogen (secondary N) is 1. The molecule has 1 aromatic heterocycles. The molecule has 6 nitrogen and oxygen atoms in total. The molecule has 1 saturated heterocycles. The Morgan fingerprint density at radius 2 is 2.37 bits per heavy atom. The van der Waals surface area contributed by atoms with Crippen LogP contribution in [-0.4, -0.2) is 45.4 Å². The van der Waals surface area contributed by atoms with E-state index in [4.69, 9.17) is 0 Å². The number of hydrogen-bond donors (Lipinski definition) is 1. The first-order valence-corrected chi connectivity index (χ1v) is 7.46. The zero-order valence-corrected chi connectivity index (χ0v) is 13.1. The van der Waals surface area contributed by atoms with E-state index in [0.29, 0.717) is 18.6 Å². The zero-order chi connectivity index (χ0) is 13.8. The molecule has 19 heavy (non-hydrogen) atoms. The van der Waals surface area contributed by atoms with Crippen LogP contribution in [0, 0.1) is 0 Å². The third-order valence-corrected chi connectivity index (χ3v) is 3.36. The van der Waals surface area contributed by atoms with Gasteiger partial charge in [-0.1, -0.05) is 41.5 Å². The molecule has 0 spiro atoms. The Bertz CT molecular complexity index is 430. The Balaban J connectivity index is 2.04. The van der Waals surface area contributed by atoms with Crippen molar-refractivity contribution < 1.29 is 0 Å². The van der Waals surface area contributed by atoms with E-state index in [9.17, 15) is 0 Å². The Kier molecular flexibility index (Phi) is 4.93. The van der Waals surface area contributed by atoms with E-state index >= 15 is 0 Å². The highest BCUT2D eigenvalue weighted by molar-refractivity contribution is 9.11. The molecule has 2 heterocycles. The van der Waals surface area contributed by atoms with Crippen molar-refractivity contribution in [1.29, 1.82) is 0 Å². The van der Waals surface area contributed by atoms with Crippen LogP contribution in [0.1, 0.15) is 26.7 Å². The van der Waals surface area contributed by atoms with Crippen LogP contribution in [-0.2, 0) is 6.54 Å². The summed E-state index contributed by atoms with van der Waals surface area (Å²) in [6.45, 7) is 10.8. The molecule has 0 saturated carbocycles. The average molecular weight is 329 g/mol. The van der Waals surface area contributed by atoms with Gasteiger partial charge in [0.15, 0.2) is 0 Å². The van der Waals surface area contributed by atoms with Crippen LogP contribution in [0.5, 0.6) is 0 Å².